The lowest BCUT2D eigenvalue weighted by atomic mass is 10.1. The van der Waals surface area contributed by atoms with E-state index in [0.29, 0.717) is 24.9 Å². The number of hydrogen-bond donors (Lipinski definition) is 0. The molecule has 0 saturated carbocycles. The van der Waals surface area contributed by atoms with Gasteiger partial charge in [0.1, 0.15) is 0 Å². The summed E-state index contributed by atoms with van der Waals surface area (Å²) in [7, 11) is -0.301. The predicted octanol–water partition coefficient (Wildman–Crippen LogP) is 0.830. The Bertz CT molecular complexity index is 828. The first-order valence-corrected chi connectivity index (χ1v) is 9.04. The maximum atomic E-state index is 12.8. The molecule has 0 aliphatic carbocycles. The Morgan fingerprint density at radius 3 is 2.87 bits per heavy atom. The molecule has 1 saturated heterocycles. The van der Waals surface area contributed by atoms with Crippen LogP contribution in [-0.2, 0) is 10.0 Å². The number of amides is 1. The SMILES string of the molecule is CN(C)S(=O)(=O)C1CCCN(C(=O)c2cnn3ccccc23)C1. The van der Waals surface area contributed by atoms with Crippen LogP contribution in [0.15, 0.2) is 30.6 Å². The Hall–Kier alpha value is -1.93. The molecule has 7 nitrogen and oxygen atoms in total. The van der Waals surface area contributed by atoms with Gasteiger partial charge in [0.25, 0.3) is 5.91 Å². The van der Waals surface area contributed by atoms with Gasteiger partial charge in [-0.2, -0.15) is 5.10 Å². The third-order valence-corrected chi connectivity index (χ3v) is 6.50. The first-order chi connectivity index (χ1) is 10.9. The van der Waals surface area contributed by atoms with Gasteiger partial charge in [-0.25, -0.2) is 17.2 Å². The van der Waals surface area contributed by atoms with Crippen molar-refractivity contribution in [1.82, 2.24) is 18.8 Å². The molecular formula is C15H20N4O3S. The predicted molar refractivity (Wildman–Crippen MR) is 86.7 cm³/mol. The van der Waals surface area contributed by atoms with Crippen LogP contribution in [0.1, 0.15) is 23.2 Å². The Labute approximate surface area is 135 Å². The molecule has 1 aliphatic rings. The fourth-order valence-electron chi connectivity index (χ4n) is 2.93. The number of aromatic nitrogens is 2. The highest BCUT2D eigenvalue weighted by Gasteiger charge is 2.34. The van der Waals surface area contributed by atoms with Crippen LogP contribution in [0.25, 0.3) is 5.52 Å². The maximum absolute atomic E-state index is 12.8. The van der Waals surface area contributed by atoms with E-state index in [1.165, 1.54) is 18.4 Å². The van der Waals surface area contributed by atoms with Gasteiger partial charge in [-0.05, 0) is 25.0 Å². The number of likely N-dealkylation sites (tertiary alicyclic amines) is 1. The van der Waals surface area contributed by atoms with Crippen molar-refractivity contribution < 1.29 is 13.2 Å². The van der Waals surface area contributed by atoms with E-state index in [0.717, 1.165) is 5.52 Å². The van der Waals surface area contributed by atoms with Crippen molar-refractivity contribution >= 4 is 21.4 Å². The summed E-state index contributed by atoms with van der Waals surface area (Å²) in [6, 6.07) is 5.52. The molecule has 2 aromatic heterocycles. The standard InChI is InChI=1S/C15H20N4O3S/c1-17(2)23(21,22)12-6-5-8-18(11-12)15(20)13-10-16-19-9-4-3-7-14(13)19/h3-4,7,9-10,12H,5-6,8,11H2,1-2H3. The van der Waals surface area contributed by atoms with Crippen molar-refractivity contribution in [3.63, 3.8) is 0 Å². The second-order valence-corrected chi connectivity index (χ2v) is 8.36. The third-order valence-electron chi connectivity index (χ3n) is 4.25. The number of carbonyl (C=O) groups excluding carboxylic acids is 1. The summed E-state index contributed by atoms with van der Waals surface area (Å²) in [6.07, 6.45) is 4.59. The Kier molecular flexibility index (Phi) is 4.11. The zero-order valence-corrected chi connectivity index (χ0v) is 14.0. The minimum atomic E-state index is -3.36. The topological polar surface area (TPSA) is 75.0 Å². The molecule has 23 heavy (non-hydrogen) atoms. The Morgan fingerprint density at radius 1 is 1.35 bits per heavy atom. The fraction of sp³-hybridized carbons (Fsp3) is 0.467. The zero-order chi connectivity index (χ0) is 16.6. The number of nitrogens with zero attached hydrogens (tertiary/aromatic N) is 4. The lowest BCUT2D eigenvalue weighted by Crippen LogP contribution is -2.48. The third kappa shape index (κ3) is 2.84. The molecule has 1 fully saturated rings. The molecule has 3 heterocycles. The molecule has 0 aromatic carbocycles. The summed E-state index contributed by atoms with van der Waals surface area (Å²) in [5, 5.41) is 3.63. The number of rotatable bonds is 3. The van der Waals surface area contributed by atoms with Crippen molar-refractivity contribution in [1.29, 1.82) is 0 Å². The molecule has 1 amide bonds. The van der Waals surface area contributed by atoms with E-state index in [2.05, 4.69) is 5.10 Å². The fourth-order valence-corrected chi connectivity index (χ4v) is 4.36. The monoisotopic (exact) mass is 336 g/mol. The van der Waals surface area contributed by atoms with Gasteiger partial charge >= 0.3 is 0 Å². The van der Waals surface area contributed by atoms with Gasteiger partial charge in [-0.3, -0.25) is 4.79 Å². The van der Waals surface area contributed by atoms with E-state index < -0.39 is 15.3 Å². The molecule has 1 aliphatic heterocycles. The lowest BCUT2D eigenvalue weighted by Gasteiger charge is -2.33. The van der Waals surface area contributed by atoms with Gasteiger partial charge in [-0.15, -0.1) is 0 Å². The maximum Gasteiger partial charge on any atom is 0.257 e. The Morgan fingerprint density at radius 2 is 2.13 bits per heavy atom. The van der Waals surface area contributed by atoms with Crippen LogP contribution < -0.4 is 0 Å². The second kappa shape index (κ2) is 5.93. The van der Waals surface area contributed by atoms with Gasteiger partial charge in [0.15, 0.2) is 0 Å². The summed E-state index contributed by atoms with van der Waals surface area (Å²) in [6.45, 7) is 0.798. The van der Waals surface area contributed by atoms with Crippen molar-refractivity contribution in [3.05, 3.63) is 36.2 Å². The molecule has 3 rings (SSSR count). The first-order valence-electron chi connectivity index (χ1n) is 7.54. The van der Waals surface area contributed by atoms with Crippen molar-refractivity contribution in [2.24, 2.45) is 0 Å². The van der Waals surface area contributed by atoms with Crippen LogP contribution in [0.5, 0.6) is 0 Å². The summed E-state index contributed by atoms with van der Waals surface area (Å²) in [4.78, 5) is 14.4. The van der Waals surface area contributed by atoms with E-state index in [1.807, 2.05) is 18.2 Å². The van der Waals surface area contributed by atoms with Gasteiger partial charge in [-0.1, -0.05) is 6.07 Å². The van der Waals surface area contributed by atoms with Gasteiger partial charge in [0, 0.05) is 33.4 Å². The van der Waals surface area contributed by atoms with Gasteiger partial charge in [0.05, 0.1) is 22.5 Å². The van der Waals surface area contributed by atoms with E-state index in [4.69, 9.17) is 0 Å². The van der Waals surface area contributed by atoms with Crippen LogP contribution in [-0.4, -0.2) is 65.6 Å². The highest BCUT2D eigenvalue weighted by atomic mass is 32.2. The Balaban J connectivity index is 1.85. The highest BCUT2D eigenvalue weighted by Crippen LogP contribution is 2.22. The van der Waals surface area contributed by atoms with Crippen LogP contribution >= 0.6 is 0 Å². The molecule has 8 heteroatoms. The molecule has 124 valence electrons. The summed E-state index contributed by atoms with van der Waals surface area (Å²) in [5.41, 5.74) is 1.24. The summed E-state index contributed by atoms with van der Waals surface area (Å²) < 4.78 is 27.5. The molecule has 1 atom stereocenters. The average molecular weight is 336 g/mol. The minimum Gasteiger partial charge on any atom is -0.337 e. The molecule has 0 spiro atoms. The largest absolute Gasteiger partial charge is 0.337 e. The van der Waals surface area contributed by atoms with Crippen molar-refractivity contribution in [2.75, 3.05) is 27.2 Å². The lowest BCUT2D eigenvalue weighted by molar-refractivity contribution is 0.0728. The number of carbonyl (C=O) groups is 1. The summed E-state index contributed by atoms with van der Waals surface area (Å²) in [5.74, 6) is -0.162. The smallest absolute Gasteiger partial charge is 0.257 e. The van der Waals surface area contributed by atoms with Crippen molar-refractivity contribution in [2.45, 2.75) is 18.1 Å². The number of hydrogen-bond acceptors (Lipinski definition) is 4. The minimum absolute atomic E-state index is 0.162. The van der Waals surface area contributed by atoms with Crippen LogP contribution in [0.3, 0.4) is 0 Å². The summed E-state index contributed by atoms with van der Waals surface area (Å²) >= 11 is 0. The van der Waals surface area contributed by atoms with E-state index in [9.17, 15) is 13.2 Å². The molecular weight excluding hydrogens is 316 g/mol. The quantitative estimate of drug-likeness (QED) is 0.832. The second-order valence-electron chi connectivity index (χ2n) is 5.93. The number of piperidine rings is 1. The van der Waals surface area contributed by atoms with Crippen molar-refractivity contribution in [3.8, 4) is 0 Å². The van der Waals surface area contributed by atoms with E-state index in [-0.39, 0.29) is 12.5 Å². The molecule has 1 unspecified atom stereocenters. The highest BCUT2D eigenvalue weighted by molar-refractivity contribution is 7.89. The van der Waals surface area contributed by atoms with Gasteiger partial charge in [0.2, 0.25) is 10.0 Å². The molecule has 0 bridgehead atoms. The van der Waals surface area contributed by atoms with Crippen LogP contribution in [0, 0.1) is 0 Å². The van der Waals surface area contributed by atoms with E-state index in [1.54, 1.807) is 21.8 Å². The average Bonchev–Trinajstić information content (AvgIpc) is 2.98. The van der Waals surface area contributed by atoms with E-state index >= 15 is 0 Å². The van der Waals surface area contributed by atoms with Gasteiger partial charge < -0.3 is 4.90 Å². The zero-order valence-electron chi connectivity index (χ0n) is 13.2. The molecule has 2 aromatic rings. The number of fused-ring (bicyclic) bond motifs is 1. The number of sulfonamides is 1. The van der Waals surface area contributed by atoms with Crippen LogP contribution in [0.4, 0.5) is 0 Å². The molecule has 0 N–H and O–H groups in total. The van der Waals surface area contributed by atoms with Crippen LogP contribution in [0.2, 0.25) is 0 Å². The molecule has 0 radical (unpaired) electrons. The first kappa shape index (κ1) is 15.9. The normalized spacial score (nSPS) is 19.4. The number of pyridine rings is 1.